The summed E-state index contributed by atoms with van der Waals surface area (Å²) in [6, 6.07) is 7.92. The van der Waals surface area contributed by atoms with Crippen molar-refractivity contribution in [3.63, 3.8) is 0 Å². The number of benzene rings is 1. The average Bonchev–Trinajstić information content (AvgIpc) is 3.33. The van der Waals surface area contributed by atoms with Crippen molar-refractivity contribution in [2.45, 2.75) is 25.4 Å². The maximum absolute atomic E-state index is 11.6. The first-order valence-corrected chi connectivity index (χ1v) is 8.57. The van der Waals surface area contributed by atoms with E-state index >= 15 is 0 Å². The van der Waals surface area contributed by atoms with E-state index in [1.54, 1.807) is 23.5 Å². The number of aliphatic hydroxyl groups excluding tert-OH is 1. The smallest absolute Gasteiger partial charge is 0.337 e. The first-order chi connectivity index (χ1) is 11.2. The molecule has 0 atom stereocenters. The van der Waals surface area contributed by atoms with Gasteiger partial charge < -0.3 is 9.84 Å². The molecule has 1 aromatic heterocycles. The molecule has 1 aliphatic carbocycles. The molecule has 0 bridgehead atoms. The molecule has 1 N–H and O–H groups in total. The van der Waals surface area contributed by atoms with Crippen LogP contribution in [0.4, 0.5) is 0 Å². The van der Waals surface area contributed by atoms with E-state index < -0.39 is 0 Å². The Bertz CT molecular complexity index is 682. The normalized spacial score (nSPS) is 14.2. The minimum Gasteiger partial charge on any atom is -0.465 e. The fraction of sp³-hybridized carbons (Fsp3) is 0.412. The van der Waals surface area contributed by atoms with E-state index in [0.717, 1.165) is 22.8 Å². The summed E-state index contributed by atoms with van der Waals surface area (Å²) in [7, 11) is 1.38. The van der Waals surface area contributed by atoms with Gasteiger partial charge in [0.15, 0.2) is 0 Å². The second-order valence-electron chi connectivity index (χ2n) is 5.64. The van der Waals surface area contributed by atoms with Crippen LogP contribution >= 0.6 is 11.3 Å². The van der Waals surface area contributed by atoms with E-state index in [-0.39, 0.29) is 12.6 Å². The van der Waals surface area contributed by atoms with E-state index in [1.165, 1.54) is 20.0 Å². The van der Waals surface area contributed by atoms with E-state index in [9.17, 15) is 9.90 Å². The Morgan fingerprint density at radius 3 is 3.00 bits per heavy atom. The van der Waals surface area contributed by atoms with E-state index in [0.29, 0.717) is 18.2 Å². The standard InChI is InChI=1S/C17H20N2O3S/c1-22-17(21)13-4-2-3-12(9-13)16-18-14(11-23-16)10-19(7-8-20)15-5-6-15/h2-4,9,11,15,20H,5-8,10H2,1H3. The SMILES string of the molecule is COC(=O)c1cccc(-c2nc(CN(CCO)C3CC3)cs2)c1. The fourth-order valence-electron chi connectivity index (χ4n) is 2.58. The summed E-state index contributed by atoms with van der Waals surface area (Å²) in [4.78, 5) is 18.6. The van der Waals surface area contributed by atoms with Crippen LogP contribution < -0.4 is 0 Å². The Morgan fingerprint density at radius 2 is 2.30 bits per heavy atom. The summed E-state index contributed by atoms with van der Waals surface area (Å²) < 4.78 is 4.76. The van der Waals surface area contributed by atoms with E-state index in [4.69, 9.17) is 4.74 Å². The molecule has 1 aromatic carbocycles. The van der Waals surface area contributed by atoms with Gasteiger partial charge in [-0.1, -0.05) is 12.1 Å². The second kappa shape index (κ2) is 7.21. The molecule has 1 heterocycles. The van der Waals surface area contributed by atoms with Gasteiger partial charge in [-0.2, -0.15) is 0 Å². The first kappa shape index (κ1) is 16.1. The lowest BCUT2D eigenvalue weighted by Gasteiger charge is -2.19. The Morgan fingerprint density at radius 1 is 1.48 bits per heavy atom. The number of methoxy groups -OCH3 is 1. The summed E-state index contributed by atoms with van der Waals surface area (Å²) in [5.74, 6) is -0.341. The van der Waals surface area contributed by atoms with Crippen molar-refractivity contribution in [3.05, 3.63) is 40.9 Å². The van der Waals surface area contributed by atoms with Gasteiger partial charge in [-0.3, -0.25) is 4.90 Å². The molecule has 6 heteroatoms. The Hall–Kier alpha value is -1.76. The van der Waals surface area contributed by atoms with Gasteiger partial charge in [-0.25, -0.2) is 9.78 Å². The van der Waals surface area contributed by atoms with Crippen LogP contribution in [0.15, 0.2) is 29.6 Å². The minimum absolute atomic E-state index is 0.175. The molecular formula is C17H20N2O3S. The maximum Gasteiger partial charge on any atom is 0.337 e. The highest BCUT2D eigenvalue weighted by Crippen LogP contribution is 2.30. The van der Waals surface area contributed by atoms with Crippen molar-refractivity contribution in [1.82, 2.24) is 9.88 Å². The third kappa shape index (κ3) is 3.96. The van der Waals surface area contributed by atoms with Gasteiger partial charge in [0.2, 0.25) is 0 Å². The molecule has 23 heavy (non-hydrogen) atoms. The van der Waals surface area contributed by atoms with Crippen molar-refractivity contribution >= 4 is 17.3 Å². The summed E-state index contributed by atoms with van der Waals surface area (Å²) in [5, 5.41) is 12.1. The Balaban J connectivity index is 1.75. The number of hydrogen-bond donors (Lipinski definition) is 1. The number of aliphatic hydroxyl groups is 1. The number of carbonyl (C=O) groups is 1. The van der Waals surface area contributed by atoms with Gasteiger partial charge in [0.25, 0.3) is 0 Å². The number of carbonyl (C=O) groups excluding carboxylic acids is 1. The van der Waals surface area contributed by atoms with Crippen molar-refractivity contribution in [3.8, 4) is 10.6 Å². The van der Waals surface area contributed by atoms with Gasteiger partial charge in [-0.05, 0) is 25.0 Å². The number of nitrogens with zero attached hydrogens (tertiary/aromatic N) is 2. The molecule has 3 rings (SSSR count). The lowest BCUT2D eigenvalue weighted by molar-refractivity contribution is 0.0601. The van der Waals surface area contributed by atoms with Crippen LogP contribution in [-0.2, 0) is 11.3 Å². The number of ether oxygens (including phenoxy) is 1. The highest BCUT2D eigenvalue weighted by Gasteiger charge is 2.28. The van der Waals surface area contributed by atoms with E-state index in [1.807, 2.05) is 17.5 Å². The third-order valence-corrected chi connectivity index (χ3v) is 4.84. The van der Waals surface area contributed by atoms with Crippen LogP contribution in [0, 0.1) is 0 Å². The quantitative estimate of drug-likeness (QED) is 0.790. The Labute approximate surface area is 139 Å². The Kier molecular flexibility index (Phi) is 5.05. The molecule has 0 spiro atoms. The molecule has 1 aliphatic rings. The summed E-state index contributed by atoms with van der Waals surface area (Å²) in [5.41, 5.74) is 2.46. The molecule has 0 saturated heterocycles. The summed E-state index contributed by atoms with van der Waals surface area (Å²) in [6.45, 7) is 1.63. The minimum atomic E-state index is -0.341. The predicted octanol–water partition coefficient (Wildman–Crippen LogP) is 2.55. The van der Waals surface area contributed by atoms with Crippen LogP contribution in [0.25, 0.3) is 10.6 Å². The van der Waals surface area contributed by atoms with Crippen LogP contribution in [0.5, 0.6) is 0 Å². The van der Waals surface area contributed by atoms with Crippen LogP contribution in [0.1, 0.15) is 28.9 Å². The van der Waals surface area contributed by atoms with Crippen molar-refractivity contribution < 1.29 is 14.6 Å². The van der Waals surface area contributed by atoms with Crippen molar-refractivity contribution in [2.75, 3.05) is 20.3 Å². The summed E-state index contributed by atoms with van der Waals surface area (Å²) in [6.07, 6.45) is 2.41. The first-order valence-electron chi connectivity index (χ1n) is 7.69. The van der Waals surface area contributed by atoms with Crippen molar-refractivity contribution in [1.29, 1.82) is 0 Å². The molecule has 0 unspecified atom stereocenters. The molecule has 0 radical (unpaired) electrons. The van der Waals surface area contributed by atoms with E-state index in [2.05, 4.69) is 9.88 Å². The van der Waals surface area contributed by atoms with Gasteiger partial charge >= 0.3 is 5.97 Å². The number of thiazole rings is 1. The third-order valence-electron chi connectivity index (χ3n) is 3.90. The molecule has 0 aliphatic heterocycles. The number of aromatic nitrogens is 1. The van der Waals surface area contributed by atoms with Gasteiger partial charge in [-0.15, -0.1) is 11.3 Å². The van der Waals surface area contributed by atoms with Crippen molar-refractivity contribution in [2.24, 2.45) is 0 Å². The molecule has 0 amide bonds. The predicted molar refractivity (Wildman–Crippen MR) is 89.4 cm³/mol. The van der Waals surface area contributed by atoms with Crippen LogP contribution in [0.2, 0.25) is 0 Å². The number of hydrogen-bond acceptors (Lipinski definition) is 6. The lowest BCUT2D eigenvalue weighted by atomic mass is 10.1. The maximum atomic E-state index is 11.6. The molecule has 122 valence electrons. The number of rotatable bonds is 7. The average molecular weight is 332 g/mol. The zero-order valence-electron chi connectivity index (χ0n) is 13.1. The zero-order valence-corrected chi connectivity index (χ0v) is 13.9. The monoisotopic (exact) mass is 332 g/mol. The second-order valence-corrected chi connectivity index (χ2v) is 6.50. The van der Waals surface area contributed by atoms with Gasteiger partial charge in [0, 0.05) is 30.1 Å². The molecule has 2 aromatic rings. The van der Waals surface area contributed by atoms with Gasteiger partial charge in [0.1, 0.15) is 5.01 Å². The highest BCUT2D eigenvalue weighted by molar-refractivity contribution is 7.13. The lowest BCUT2D eigenvalue weighted by Crippen LogP contribution is -2.28. The molecule has 1 fully saturated rings. The van der Waals surface area contributed by atoms with Crippen LogP contribution in [-0.4, -0.2) is 47.3 Å². The van der Waals surface area contributed by atoms with Crippen LogP contribution in [0.3, 0.4) is 0 Å². The molecule has 1 saturated carbocycles. The largest absolute Gasteiger partial charge is 0.465 e. The fourth-order valence-corrected chi connectivity index (χ4v) is 3.38. The van der Waals surface area contributed by atoms with Gasteiger partial charge in [0.05, 0.1) is 25.0 Å². The topological polar surface area (TPSA) is 62.7 Å². The molecular weight excluding hydrogens is 312 g/mol. The summed E-state index contributed by atoms with van der Waals surface area (Å²) >= 11 is 1.57. The zero-order chi connectivity index (χ0) is 16.2. The number of esters is 1. The highest BCUT2D eigenvalue weighted by atomic mass is 32.1. The molecule has 5 nitrogen and oxygen atoms in total.